The van der Waals surface area contributed by atoms with Crippen molar-refractivity contribution in [1.82, 2.24) is 4.98 Å². The van der Waals surface area contributed by atoms with Crippen LogP contribution in [-0.2, 0) is 0 Å². The number of halogens is 1. The van der Waals surface area contributed by atoms with Crippen LogP contribution in [-0.4, -0.2) is 4.98 Å². The summed E-state index contributed by atoms with van der Waals surface area (Å²) < 4.78 is 5.86. The van der Waals surface area contributed by atoms with Gasteiger partial charge in [-0.3, -0.25) is 0 Å². The van der Waals surface area contributed by atoms with Gasteiger partial charge >= 0.3 is 0 Å². The molecule has 4 rings (SSSR count). The lowest BCUT2D eigenvalue weighted by molar-refractivity contribution is 0.572. The topological polar surface area (TPSA) is 49.8 Å². The summed E-state index contributed by atoms with van der Waals surface area (Å²) >= 11 is 7.66. The lowest BCUT2D eigenvalue weighted by Crippen LogP contribution is -1.82. The Labute approximate surface area is 165 Å². The summed E-state index contributed by atoms with van der Waals surface area (Å²) in [6.07, 6.45) is 1.70. The molecule has 4 aromatic rings. The molecule has 0 saturated carbocycles. The van der Waals surface area contributed by atoms with Gasteiger partial charge in [0.1, 0.15) is 22.6 Å². The standard InChI is InChI=1S/C22H13ClN2OS/c23-19-9-5-4-8-18(19)21-11-10-17(26-21)12-16(13-24)22-25-20(14-27-22)15-6-2-1-3-7-15/h1-12,14H/b16-12+. The monoisotopic (exact) mass is 388 g/mol. The highest BCUT2D eigenvalue weighted by molar-refractivity contribution is 7.11. The highest BCUT2D eigenvalue weighted by Gasteiger charge is 2.11. The fourth-order valence-corrected chi connectivity index (χ4v) is 3.68. The molecule has 2 heterocycles. The van der Waals surface area contributed by atoms with E-state index in [-0.39, 0.29) is 0 Å². The normalized spacial score (nSPS) is 11.3. The molecule has 0 fully saturated rings. The molecule has 2 aromatic carbocycles. The van der Waals surface area contributed by atoms with Crippen molar-refractivity contribution in [3.05, 3.63) is 87.9 Å². The van der Waals surface area contributed by atoms with E-state index in [2.05, 4.69) is 11.1 Å². The zero-order valence-electron chi connectivity index (χ0n) is 14.1. The van der Waals surface area contributed by atoms with Gasteiger partial charge in [0.15, 0.2) is 0 Å². The second-order valence-electron chi connectivity index (χ2n) is 5.76. The zero-order chi connectivity index (χ0) is 18.6. The molecular weight excluding hydrogens is 376 g/mol. The molecule has 0 aliphatic rings. The average molecular weight is 389 g/mol. The summed E-state index contributed by atoms with van der Waals surface area (Å²) in [5.74, 6) is 1.24. The molecule has 0 unspecified atom stereocenters. The minimum atomic E-state index is 0.460. The second-order valence-corrected chi connectivity index (χ2v) is 7.02. The van der Waals surface area contributed by atoms with Crippen LogP contribution in [0.5, 0.6) is 0 Å². The summed E-state index contributed by atoms with van der Waals surface area (Å²) in [5.41, 5.74) is 3.16. The van der Waals surface area contributed by atoms with Crippen molar-refractivity contribution in [1.29, 1.82) is 5.26 Å². The van der Waals surface area contributed by atoms with Gasteiger partial charge in [0.05, 0.1) is 16.3 Å². The smallest absolute Gasteiger partial charge is 0.136 e. The van der Waals surface area contributed by atoms with Crippen LogP contribution < -0.4 is 0 Å². The molecule has 5 heteroatoms. The largest absolute Gasteiger partial charge is 0.457 e. The Balaban J connectivity index is 1.64. The molecule has 0 bridgehead atoms. The fourth-order valence-electron chi connectivity index (χ4n) is 2.66. The van der Waals surface area contributed by atoms with Crippen molar-refractivity contribution < 1.29 is 4.42 Å². The summed E-state index contributed by atoms with van der Waals surface area (Å²) in [5, 5.41) is 12.8. The molecule has 0 saturated heterocycles. The number of allylic oxidation sites excluding steroid dienone is 1. The van der Waals surface area contributed by atoms with Gasteiger partial charge in [-0.05, 0) is 24.3 Å². The Hall–Kier alpha value is -3.13. The van der Waals surface area contributed by atoms with E-state index < -0.39 is 0 Å². The van der Waals surface area contributed by atoms with Crippen LogP contribution in [0.15, 0.2) is 76.5 Å². The first-order valence-electron chi connectivity index (χ1n) is 8.22. The Kier molecular flexibility index (Phi) is 4.88. The molecule has 0 atom stereocenters. The van der Waals surface area contributed by atoms with E-state index in [4.69, 9.17) is 16.0 Å². The number of hydrogen-bond donors (Lipinski definition) is 0. The minimum absolute atomic E-state index is 0.460. The molecular formula is C22H13ClN2OS. The number of nitriles is 1. The van der Waals surface area contributed by atoms with E-state index >= 15 is 0 Å². The summed E-state index contributed by atoms with van der Waals surface area (Å²) in [7, 11) is 0. The van der Waals surface area contributed by atoms with Crippen LogP contribution in [0.4, 0.5) is 0 Å². The highest BCUT2D eigenvalue weighted by Crippen LogP contribution is 2.31. The predicted molar refractivity (Wildman–Crippen MR) is 110 cm³/mol. The maximum absolute atomic E-state index is 9.57. The van der Waals surface area contributed by atoms with Crippen molar-refractivity contribution >= 4 is 34.6 Å². The Bertz CT molecular complexity index is 1150. The first kappa shape index (κ1) is 17.3. The molecule has 0 N–H and O–H groups in total. The van der Waals surface area contributed by atoms with Crippen molar-refractivity contribution in [2.24, 2.45) is 0 Å². The molecule has 2 aromatic heterocycles. The van der Waals surface area contributed by atoms with Crippen LogP contribution in [0, 0.1) is 11.3 Å². The number of rotatable bonds is 4. The maximum Gasteiger partial charge on any atom is 0.136 e. The van der Waals surface area contributed by atoms with Crippen LogP contribution in [0.3, 0.4) is 0 Å². The number of thiazole rings is 1. The third-order valence-electron chi connectivity index (χ3n) is 3.98. The van der Waals surface area contributed by atoms with Gasteiger partial charge in [-0.15, -0.1) is 11.3 Å². The van der Waals surface area contributed by atoms with E-state index in [9.17, 15) is 5.26 Å². The zero-order valence-corrected chi connectivity index (χ0v) is 15.7. The van der Waals surface area contributed by atoms with Crippen LogP contribution in [0.2, 0.25) is 5.02 Å². The van der Waals surface area contributed by atoms with Crippen molar-refractivity contribution in [3.8, 4) is 28.7 Å². The molecule has 0 amide bonds. The van der Waals surface area contributed by atoms with Gasteiger partial charge in [0.2, 0.25) is 0 Å². The fraction of sp³-hybridized carbons (Fsp3) is 0. The summed E-state index contributed by atoms with van der Waals surface area (Å²) in [6, 6.07) is 23.3. The molecule has 0 aliphatic heterocycles. The van der Waals surface area contributed by atoms with E-state index in [1.165, 1.54) is 11.3 Å². The van der Waals surface area contributed by atoms with Gasteiger partial charge in [0, 0.05) is 22.6 Å². The first-order valence-corrected chi connectivity index (χ1v) is 9.48. The molecule has 0 radical (unpaired) electrons. The number of nitrogens with zero attached hydrogens (tertiary/aromatic N) is 2. The summed E-state index contributed by atoms with van der Waals surface area (Å²) in [4.78, 5) is 4.59. The van der Waals surface area contributed by atoms with Gasteiger partial charge < -0.3 is 4.42 Å². The highest BCUT2D eigenvalue weighted by atomic mass is 35.5. The first-order chi connectivity index (χ1) is 13.2. The third-order valence-corrected chi connectivity index (χ3v) is 5.18. The van der Waals surface area contributed by atoms with E-state index in [0.29, 0.717) is 27.1 Å². The SMILES string of the molecule is N#C/C(=C\c1ccc(-c2ccccc2Cl)o1)c1nc(-c2ccccc2)cs1. The lowest BCUT2D eigenvalue weighted by Gasteiger charge is -1.99. The number of hydrogen-bond acceptors (Lipinski definition) is 4. The molecule has 130 valence electrons. The number of aromatic nitrogens is 1. The van der Waals surface area contributed by atoms with Gasteiger partial charge in [0.25, 0.3) is 0 Å². The van der Waals surface area contributed by atoms with Crippen molar-refractivity contribution in [2.75, 3.05) is 0 Å². The predicted octanol–water partition coefficient (Wildman–Crippen LogP) is 6.79. The van der Waals surface area contributed by atoms with Gasteiger partial charge in [-0.2, -0.15) is 5.26 Å². The minimum Gasteiger partial charge on any atom is -0.457 e. The quantitative estimate of drug-likeness (QED) is 0.362. The van der Waals surface area contributed by atoms with E-state index in [1.54, 1.807) is 6.08 Å². The Morgan fingerprint density at radius 2 is 1.81 bits per heavy atom. The molecule has 0 aliphatic carbocycles. The van der Waals surface area contributed by atoms with Crippen molar-refractivity contribution in [2.45, 2.75) is 0 Å². The van der Waals surface area contributed by atoms with Crippen LogP contribution in [0.25, 0.3) is 34.2 Å². The van der Waals surface area contributed by atoms with E-state index in [0.717, 1.165) is 16.8 Å². The Morgan fingerprint density at radius 3 is 2.59 bits per heavy atom. The maximum atomic E-state index is 9.57. The third kappa shape index (κ3) is 3.70. The van der Waals surface area contributed by atoms with E-state index in [1.807, 2.05) is 72.1 Å². The molecule has 3 nitrogen and oxygen atoms in total. The number of benzene rings is 2. The number of furan rings is 1. The second kappa shape index (κ2) is 7.63. The lowest BCUT2D eigenvalue weighted by atomic mass is 10.2. The summed E-state index contributed by atoms with van der Waals surface area (Å²) in [6.45, 7) is 0. The molecule has 0 spiro atoms. The van der Waals surface area contributed by atoms with Crippen LogP contribution >= 0.6 is 22.9 Å². The van der Waals surface area contributed by atoms with Gasteiger partial charge in [-0.25, -0.2) is 4.98 Å². The molecule has 27 heavy (non-hydrogen) atoms. The Morgan fingerprint density at radius 1 is 1.04 bits per heavy atom. The van der Waals surface area contributed by atoms with Crippen molar-refractivity contribution in [3.63, 3.8) is 0 Å². The average Bonchev–Trinajstić information content (AvgIpc) is 3.37. The van der Waals surface area contributed by atoms with Crippen LogP contribution in [0.1, 0.15) is 10.8 Å². The van der Waals surface area contributed by atoms with Gasteiger partial charge in [-0.1, -0.05) is 54.1 Å².